The largest absolute Gasteiger partial charge is 0.497 e. The van der Waals surface area contributed by atoms with Gasteiger partial charge in [-0.3, -0.25) is 4.79 Å². The number of methoxy groups -OCH3 is 1. The van der Waals surface area contributed by atoms with E-state index in [0.29, 0.717) is 17.9 Å². The van der Waals surface area contributed by atoms with Gasteiger partial charge in [-0.2, -0.15) is 0 Å². The molecule has 2 aliphatic rings. The maximum Gasteiger partial charge on any atom is 0.307 e. The summed E-state index contributed by atoms with van der Waals surface area (Å²) in [6.45, 7) is 2.44. The summed E-state index contributed by atoms with van der Waals surface area (Å²) >= 11 is 0. The van der Waals surface area contributed by atoms with E-state index in [1.165, 1.54) is 17.2 Å². The van der Waals surface area contributed by atoms with Gasteiger partial charge in [-0.1, -0.05) is 37.3 Å². The standard InChI is InChI=1S/C27H25FO4/c1-16-25(26(29)30)27(16)12-11-19-13-21(7-9-23(19)27)32-15-17-3-5-18(6-4-17)22-14-20(31-2)8-10-24(22)28/h3-10,13-14,16,25H,11-12,15H2,1-2H3,(H,29,30)/t16-,25?,27?/m0/s1. The average molecular weight is 432 g/mol. The lowest BCUT2D eigenvalue weighted by Gasteiger charge is -2.13. The van der Waals surface area contributed by atoms with Gasteiger partial charge in [-0.05, 0) is 71.3 Å². The number of hydrogen-bond donors (Lipinski definition) is 1. The fourth-order valence-corrected chi connectivity index (χ4v) is 5.46. The highest BCUT2D eigenvalue weighted by Crippen LogP contribution is 2.66. The number of ether oxygens (including phenoxy) is 2. The van der Waals surface area contributed by atoms with Gasteiger partial charge in [-0.25, -0.2) is 4.39 Å². The lowest BCUT2D eigenvalue weighted by molar-refractivity contribution is -0.139. The van der Waals surface area contributed by atoms with E-state index < -0.39 is 5.97 Å². The Bertz CT molecular complexity index is 1190. The van der Waals surface area contributed by atoms with Crippen LogP contribution in [0.15, 0.2) is 60.7 Å². The lowest BCUT2D eigenvalue weighted by atomic mass is 9.94. The third-order valence-electron chi connectivity index (χ3n) is 7.25. The minimum Gasteiger partial charge on any atom is -0.497 e. The molecule has 164 valence electrons. The average Bonchev–Trinajstić information content (AvgIpc) is 3.23. The van der Waals surface area contributed by atoms with Gasteiger partial charge in [0, 0.05) is 11.0 Å². The van der Waals surface area contributed by atoms with Crippen LogP contribution in [0.25, 0.3) is 11.1 Å². The zero-order valence-corrected chi connectivity index (χ0v) is 18.1. The minimum absolute atomic E-state index is 0.181. The van der Waals surface area contributed by atoms with E-state index >= 15 is 0 Å². The van der Waals surface area contributed by atoms with E-state index in [1.54, 1.807) is 19.2 Å². The number of fused-ring (bicyclic) bond motifs is 2. The molecule has 0 bridgehead atoms. The van der Waals surface area contributed by atoms with E-state index in [-0.39, 0.29) is 23.1 Å². The molecule has 0 saturated heterocycles. The Kier molecular flexibility index (Phi) is 4.92. The second-order valence-electron chi connectivity index (χ2n) is 8.80. The Balaban J connectivity index is 1.28. The summed E-state index contributed by atoms with van der Waals surface area (Å²) in [6, 6.07) is 18.4. The summed E-state index contributed by atoms with van der Waals surface area (Å²) in [5.41, 5.74) is 4.44. The van der Waals surface area contributed by atoms with Crippen molar-refractivity contribution in [3.8, 4) is 22.6 Å². The van der Waals surface area contributed by atoms with Gasteiger partial charge in [-0.15, -0.1) is 0 Å². The zero-order valence-electron chi connectivity index (χ0n) is 18.1. The Morgan fingerprint density at radius 3 is 2.53 bits per heavy atom. The summed E-state index contributed by atoms with van der Waals surface area (Å²) in [5, 5.41) is 9.52. The first kappa shape index (κ1) is 20.6. The van der Waals surface area contributed by atoms with Crippen LogP contribution in [0.4, 0.5) is 4.39 Å². The molecule has 3 aromatic carbocycles. The Labute approximate surface area is 186 Å². The van der Waals surface area contributed by atoms with Crippen LogP contribution in [-0.4, -0.2) is 18.2 Å². The Morgan fingerprint density at radius 1 is 1.09 bits per heavy atom. The molecule has 0 radical (unpaired) electrons. The number of hydrogen-bond acceptors (Lipinski definition) is 3. The normalized spacial score (nSPS) is 23.1. The van der Waals surface area contributed by atoms with E-state index in [4.69, 9.17) is 9.47 Å². The molecule has 5 rings (SSSR count). The highest BCUT2D eigenvalue weighted by atomic mass is 19.1. The molecule has 0 amide bonds. The number of carboxylic acids is 1. The van der Waals surface area contributed by atoms with Crippen molar-refractivity contribution >= 4 is 5.97 Å². The smallest absolute Gasteiger partial charge is 0.307 e. The monoisotopic (exact) mass is 432 g/mol. The van der Waals surface area contributed by atoms with Gasteiger partial charge in [0.1, 0.15) is 23.9 Å². The van der Waals surface area contributed by atoms with Crippen molar-refractivity contribution in [1.82, 2.24) is 0 Å². The maximum atomic E-state index is 14.2. The second-order valence-corrected chi connectivity index (χ2v) is 8.80. The van der Waals surface area contributed by atoms with Crippen LogP contribution in [0.3, 0.4) is 0 Å². The van der Waals surface area contributed by atoms with Crippen LogP contribution in [0.2, 0.25) is 0 Å². The molecule has 32 heavy (non-hydrogen) atoms. The van der Waals surface area contributed by atoms with E-state index in [9.17, 15) is 14.3 Å². The quantitative estimate of drug-likeness (QED) is 0.550. The predicted molar refractivity (Wildman–Crippen MR) is 119 cm³/mol. The molecule has 1 fully saturated rings. The summed E-state index contributed by atoms with van der Waals surface area (Å²) in [7, 11) is 1.56. The van der Waals surface area contributed by atoms with Crippen LogP contribution in [0, 0.1) is 17.7 Å². The van der Waals surface area contributed by atoms with Crippen molar-refractivity contribution in [2.45, 2.75) is 31.8 Å². The fourth-order valence-electron chi connectivity index (χ4n) is 5.46. The molecular weight excluding hydrogens is 407 g/mol. The van der Waals surface area contributed by atoms with E-state index in [0.717, 1.165) is 29.7 Å². The van der Waals surface area contributed by atoms with Gasteiger partial charge in [0.15, 0.2) is 0 Å². The number of rotatable bonds is 6. The second kappa shape index (κ2) is 7.66. The summed E-state index contributed by atoms with van der Waals surface area (Å²) < 4.78 is 25.4. The highest BCUT2D eigenvalue weighted by molar-refractivity contribution is 5.79. The SMILES string of the molecule is COc1ccc(F)c(-c2ccc(COc3ccc4c(c3)CCC43C(C(=O)O)[C@@H]3C)cc2)c1. The topological polar surface area (TPSA) is 55.8 Å². The molecule has 2 unspecified atom stereocenters. The van der Waals surface area contributed by atoms with Crippen LogP contribution < -0.4 is 9.47 Å². The summed E-state index contributed by atoms with van der Waals surface area (Å²) in [4.78, 5) is 11.6. The van der Waals surface area contributed by atoms with Crippen LogP contribution >= 0.6 is 0 Å². The lowest BCUT2D eigenvalue weighted by Crippen LogP contribution is -2.11. The van der Waals surface area contributed by atoms with E-state index in [1.807, 2.05) is 49.4 Å². The molecule has 0 aliphatic heterocycles. The maximum absolute atomic E-state index is 14.2. The zero-order chi connectivity index (χ0) is 22.5. The van der Waals surface area contributed by atoms with Crippen molar-refractivity contribution in [2.24, 2.45) is 11.8 Å². The van der Waals surface area contributed by atoms with Gasteiger partial charge >= 0.3 is 5.97 Å². The molecule has 5 heteroatoms. The number of carbonyl (C=O) groups is 1. The summed E-state index contributed by atoms with van der Waals surface area (Å²) in [6.07, 6.45) is 1.79. The first-order chi connectivity index (χ1) is 15.4. The third kappa shape index (κ3) is 3.24. The first-order valence-electron chi connectivity index (χ1n) is 10.9. The molecule has 0 aromatic heterocycles. The molecule has 3 atom stereocenters. The summed E-state index contributed by atoms with van der Waals surface area (Å²) in [5.74, 6) is 0.319. The number of carboxylic acid groups (broad SMARTS) is 1. The van der Waals surface area contributed by atoms with Crippen molar-refractivity contribution < 1.29 is 23.8 Å². The van der Waals surface area contributed by atoms with Crippen LogP contribution in [0.1, 0.15) is 30.0 Å². The van der Waals surface area contributed by atoms with Crippen LogP contribution in [-0.2, 0) is 23.2 Å². The van der Waals surface area contributed by atoms with Crippen molar-refractivity contribution in [1.29, 1.82) is 0 Å². The van der Waals surface area contributed by atoms with Crippen molar-refractivity contribution in [2.75, 3.05) is 7.11 Å². The van der Waals surface area contributed by atoms with Crippen molar-refractivity contribution in [3.05, 3.63) is 83.2 Å². The number of halogens is 1. The fraction of sp³-hybridized carbons (Fsp3) is 0.296. The van der Waals surface area contributed by atoms with Gasteiger partial charge in [0.25, 0.3) is 0 Å². The molecule has 1 N–H and O–H groups in total. The van der Waals surface area contributed by atoms with Crippen molar-refractivity contribution in [3.63, 3.8) is 0 Å². The number of aliphatic carboxylic acids is 1. The molecule has 1 saturated carbocycles. The number of benzene rings is 3. The van der Waals surface area contributed by atoms with Crippen LogP contribution in [0.5, 0.6) is 11.5 Å². The first-order valence-corrected chi connectivity index (χ1v) is 10.9. The molecular formula is C27H25FO4. The highest BCUT2D eigenvalue weighted by Gasteiger charge is 2.68. The van der Waals surface area contributed by atoms with Gasteiger partial charge in [0.2, 0.25) is 0 Å². The third-order valence-corrected chi connectivity index (χ3v) is 7.25. The Morgan fingerprint density at radius 2 is 1.84 bits per heavy atom. The minimum atomic E-state index is -0.692. The molecule has 2 aliphatic carbocycles. The molecule has 4 nitrogen and oxygen atoms in total. The molecule has 1 spiro atoms. The van der Waals surface area contributed by atoms with Gasteiger partial charge in [0.05, 0.1) is 13.0 Å². The predicted octanol–water partition coefficient (Wildman–Crippen LogP) is 5.61. The number of aryl methyl sites for hydroxylation is 1. The van der Waals surface area contributed by atoms with E-state index in [2.05, 4.69) is 0 Å². The molecule has 0 heterocycles. The van der Waals surface area contributed by atoms with Gasteiger partial charge < -0.3 is 14.6 Å². The molecule has 3 aromatic rings. The Hall–Kier alpha value is -3.34.